The van der Waals surface area contributed by atoms with E-state index in [1.54, 1.807) is 36.5 Å². The Hall–Kier alpha value is -2.89. The summed E-state index contributed by atoms with van der Waals surface area (Å²) in [6.45, 7) is 0.776. The normalized spacial score (nSPS) is 10.7. The minimum Gasteiger partial charge on any atom is -0.383 e. The number of carbonyl (C=O) groups is 1. The standard InChI is InChI=1S/C15H16N4O2/c16-13-8-11-19(15(21)18-13)10-5-4-9-17-14(20)12-6-2-1-3-7-12/h1-8,11H,9-10H2,(H,17,20)(H2,16,18,21)/b5-4-. The van der Waals surface area contributed by atoms with Gasteiger partial charge in [0.1, 0.15) is 5.82 Å². The monoisotopic (exact) mass is 284 g/mol. The molecule has 108 valence electrons. The van der Waals surface area contributed by atoms with Crippen LogP contribution < -0.4 is 16.7 Å². The average Bonchev–Trinajstić information content (AvgIpc) is 2.49. The van der Waals surface area contributed by atoms with Gasteiger partial charge in [0, 0.05) is 24.8 Å². The van der Waals surface area contributed by atoms with Gasteiger partial charge in [-0.15, -0.1) is 0 Å². The van der Waals surface area contributed by atoms with Gasteiger partial charge in [0.15, 0.2) is 0 Å². The Morgan fingerprint density at radius 1 is 1.24 bits per heavy atom. The molecular weight excluding hydrogens is 268 g/mol. The fourth-order valence-electron chi connectivity index (χ4n) is 1.70. The van der Waals surface area contributed by atoms with Gasteiger partial charge in [-0.1, -0.05) is 30.4 Å². The molecule has 3 N–H and O–H groups in total. The number of hydrogen-bond acceptors (Lipinski definition) is 4. The van der Waals surface area contributed by atoms with Crippen LogP contribution in [0.2, 0.25) is 0 Å². The molecule has 0 unspecified atom stereocenters. The van der Waals surface area contributed by atoms with Crippen molar-refractivity contribution in [1.29, 1.82) is 0 Å². The predicted octanol–water partition coefficient (Wildman–Crippen LogP) is 0.812. The second-order valence-corrected chi connectivity index (χ2v) is 4.33. The van der Waals surface area contributed by atoms with Crippen molar-refractivity contribution >= 4 is 11.7 Å². The second-order valence-electron chi connectivity index (χ2n) is 4.33. The smallest absolute Gasteiger partial charge is 0.349 e. The molecule has 21 heavy (non-hydrogen) atoms. The highest BCUT2D eigenvalue weighted by atomic mass is 16.2. The van der Waals surface area contributed by atoms with E-state index in [1.807, 2.05) is 18.2 Å². The van der Waals surface area contributed by atoms with Crippen LogP contribution in [0.15, 0.2) is 59.5 Å². The van der Waals surface area contributed by atoms with E-state index in [0.717, 1.165) is 0 Å². The Morgan fingerprint density at radius 3 is 2.71 bits per heavy atom. The maximum atomic E-state index is 11.7. The Kier molecular flexibility index (Phi) is 4.87. The molecule has 0 atom stereocenters. The molecule has 2 aromatic rings. The lowest BCUT2D eigenvalue weighted by atomic mass is 10.2. The zero-order valence-electron chi connectivity index (χ0n) is 11.4. The Balaban J connectivity index is 1.81. The van der Waals surface area contributed by atoms with Gasteiger partial charge < -0.3 is 11.1 Å². The van der Waals surface area contributed by atoms with Gasteiger partial charge in [-0.25, -0.2) is 4.79 Å². The third-order valence-corrected chi connectivity index (χ3v) is 2.78. The van der Waals surface area contributed by atoms with Crippen molar-refractivity contribution in [2.75, 3.05) is 12.3 Å². The average molecular weight is 284 g/mol. The van der Waals surface area contributed by atoms with E-state index in [9.17, 15) is 9.59 Å². The van der Waals surface area contributed by atoms with Crippen LogP contribution in [0.1, 0.15) is 10.4 Å². The largest absolute Gasteiger partial charge is 0.383 e. The first-order chi connectivity index (χ1) is 10.2. The molecule has 1 heterocycles. The van der Waals surface area contributed by atoms with Crippen LogP contribution in [0.4, 0.5) is 5.82 Å². The number of nitrogens with zero attached hydrogens (tertiary/aromatic N) is 2. The highest BCUT2D eigenvalue weighted by molar-refractivity contribution is 5.94. The number of aromatic nitrogens is 2. The molecule has 0 spiro atoms. The van der Waals surface area contributed by atoms with E-state index in [0.29, 0.717) is 18.7 Å². The second kappa shape index (κ2) is 7.04. The summed E-state index contributed by atoms with van der Waals surface area (Å²) < 4.78 is 1.42. The number of nitrogens with one attached hydrogen (secondary N) is 1. The minimum atomic E-state index is -0.395. The summed E-state index contributed by atoms with van der Waals surface area (Å²) in [6.07, 6.45) is 5.14. The number of rotatable bonds is 5. The zero-order valence-corrected chi connectivity index (χ0v) is 11.4. The molecule has 0 aliphatic heterocycles. The van der Waals surface area contributed by atoms with E-state index in [-0.39, 0.29) is 11.7 Å². The first-order valence-corrected chi connectivity index (χ1v) is 6.48. The molecule has 2 rings (SSSR count). The molecule has 1 aromatic heterocycles. The number of nitrogen functional groups attached to an aromatic ring is 1. The SMILES string of the molecule is Nc1ccn(C/C=C\CNC(=O)c2ccccc2)c(=O)n1. The number of anilines is 1. The Labute approximate surface area is 121 Å². The van der Waals surface area contributed by atoms with E-state index in [1.165, 1.54) is 4.57 Å². The van der Waals surface area contributed by atoms with Crippen molar-refractivity contribution in [2.45, 2.75) is 6.54 Å². The lowest BCUT2D eigenvalue weighted by Crippen LogP contribution is -2.24. The molecule has 1 aromatic carbocycles. The third kappa shape index (κ3) is 4.31. The van der Waals surface area contributed by atoms with Crippen molar-refractivity contribution in [3.63, 3.8) is 0 Å². The first-order valence-electron chi connectivity index (χ1n) is 6.48. The fraction of sp³-hybridized carbons (Fsp3) is 0.133. The molecule has 0 fully saturated rings. The lowest BCUT2D eigenvalue weighted by Gasteiger charge is -2.02. The number of benzene rings is 1. The zero-order chi connectivity index (χ0) is 15.1. The van der Waals surface area contributed by atoms with Crippen LogP contribution in [0.5, 0.6) is 0 Å². The van der Waals surface area contributed by atoms with Gasteiger partial charge in [0.25, 0.3) is 5.91 Å². The number of allylic oxidation sites excluding steroid dienone is 1. The van der Waals surface area contributed by atoms with E-state index in [4.69, 9.17) is 5.73 Å². The molecule has 0 bridgehead atoms. The quantitative estimate of drug-likeness (QED) is 0.795. The van der Waals surface area contributed by atoms with Gasteiger partial charge in [0.2, 0.25) is 0 Å². The summed E-state index contributed by atoms with van der Waals surface area (Å²) in [5, 5.41) is 2.76. The van der Waals surface area contributed by atoms with Gasteiger partial charge in [-0.05, 0) is 18.2 Å². The van der Waals surface area contributed by atoms with Gasteiger partial charge in [0.05, 0.1) is 0 Å². The maximum absolute atomic E-state index is 11.7. The predicted molar refractivity (Wildman–Crippen MR) is 80.8 cm³/mol. The summed E-state index contributed by atoms with van der Waals surface area (Å²) >= 11 is 0. The molecular formula is C15H16N4O2. The summed E-state index contributed by atoms with van der Waals surface area (Å²) in [6, 6.07) is 10.5. The van der Waals surface area contributed by atoms with Crippen molar-refractivity contribution in [3.8, 4) is 0 Å². The Morgan fingerprint density at radius 2 is 2.00 bits per heavy atom. The van der Waals surface area contributed by atoms with E-state index >= 15 is 0 Å². The number of carbonyl (C=O) groups excluding carboxylic acids is 1. The van der Waals surface area contributed by atoms with Crippen molar-refractivity contribution in [1.82, 2.24) is 14.9 Å². The summed E-state index contributed by atoms with van der Waals surface area (Å²) in [5.74, 6) is 0.0712. The van der Waals surface area contributed by atoms with Crippen molar-refractivity contribution in [2.24, 2.45) is 0 Å². The van der Waals surface area contributed by atoms with Crippen LogP contribution in [0.25, 0.3) is 0 Å². The highest BCUT2D eigenvalue weighted by Gasteiger charge is 2.01. The number of nitrogens with two attached hydrogens (primary N) is 1. The van der Waals surface area contributed by atoms with Gasteiger partial charge in [-0.3, -0.25) is 9.36 Å². The van der Waals surface area contributed by atoms with E-state index in [2.05, 4.69) is 10.3 Å². The number of amides is 1. The fourth-order valence-corrected chi connectivity index (χ4v) is 1.70. The van der Waals surface area contributed by atoms with Gasteiger partial charge >= 0.3 is 5.69 Å². The maximum Gasteiger partial charge on any atom is 0.349 e. The molecule has 1 amide bonds. The first kappa shape index (κ1) is 14.5. The van der Waals surface area contributed by atoms with Crippen LogP contribution in [-0.2, 0) is 6.54 Å². The van der Waals surface area contributed by atoms with Crippen molar-refractivity contribution < 1.29 is 4.79 Å². The van der Waals surface area contributed by atoms with Crippen LogP contribution in [0, 0.1) is 0 Å². The molecule has 0 saturated carbocycles. The van der Waals surface area contributed by atoms with E-state index < -0.39 is 5.69 Å². The summed E-state index contributed by atoms with van der Waals surface area (Å²) in [7, 11) is 0. The molecule has 6 heteroatoms. The van der Waals surface area contributed by atoms with Crippen LogP contribution >= 0.6 is 0 Å². The summed E-state index contributed by atoms with van der Waals surface area (Å²) in [4.78, 5) is 26.8. The molecule has 0 aliphatic carbocycles. The van der Waals surface area contributed by atoms with Gasteiger partial charge in [-0.2, -0.15) is 4.98 Å². The Bertz CT molecular complexity index is 692. The summed E-state index contributed by atoms with van der Waals surface area (Å²) in [5.41, 5.74) is 5.62. The molecule has 6 nitrogen and oxygen atoms in total. The topological polar surface area (TPSA) is 90.0 Å². The minimum absolute atomic E-state index is 0.133. The number of hydrogen-bond donors (Lipinski definition) is 2. The lowest BCUT2D eigenvalue weighted by molar-refractivity contribution is 0.0958. The van der Waals surface area contributed by atoms with Crippen LogP contribution in [0.3, 0.4) is 0 Å². The molecule has 0 aliphatic rings. The third-order valence-electron chi connectivity index (χ3n) is 2.78. The highest BCUT2D eigenvalue weighted by Crippen LogP contribution is 1.97. The van der Waals surface area contributed by atoms with Crippen LogP contribution in [-0.4, -0.2) is 22.0 Å². The molecule has 0 saturated heterocycles. The van der Waals surface area contributed by atoms with Crippen molar-refractivity contribution in [3.05, 3.63) is 70.8 Å². The molecule has 0 radical (unpaired) electrons.